The second-order valence-corrected chi connectivity index (χ2v) is 12.4. The zero-order valence-corrected chi connectivity index (χ0v) is 28.3. The molecule has 0 N–H and O–H groups in total. The zero-order valence-electron chi connectivity index (χ0n) is 28.3. The van der Waals surface area contributed by atoms with Crippen LogP contribution in [0.25, 0.3) is 0 Å². The number of aryl methyl sites for hydroxylation is 1. The molecule has 1 rings (SSSR count). The molecule has 1 aromatic rings. The van der Waals surface area contributed by atoms with Gasteiger partial charge in [-0.3, -0.25) is 0 Å². The van der Waals surface area contributed by atoms with E-state index in [0.717, 1.165) is 30.4 Å². The van der Waals surface area contributed by atoms with Gasteiger partial charge in [-0.15, -0.1) is 0 Å². The molecule has 0 heteroatoms. The lowest BCUT2D eigenvalue weighted by Gasteiger charge is -2.05. The predicted molar refractivity (Wildman–Crippen MR) is 189 cm³/mol. The number of benzene rings is 1. The summed E-state index contributed by atoms with van der Waals surface area (Å²) in [4.78, 5) is 0. The normalized spacial score (nSPS) is 10.4. The monoisotopic (exact) mass is 571 g/mol. The van der Waals surface area contributed by atoms with Crippen molar-refractivity contribution in [1.29, 1.82) is 0 Å². The van der Waals surface area contributed by atoms with Crippen molar-refractivity contribution in [1.82, 2.24) is 0 Å². The van der Waals surface area contributed by atoms with Crippen LogP contribution in [0.15, 0.2) is 18.2 Å². The second kappa shape index (κ2) is 30.4. The van der Waals surface area contributed by atoms with Crippen LogP contribution in [0.1, 0.15) is 204 Å². The lowest BCUT2D eigenvalue weighted by Crippen LogP contribution is -1.91. The second-order valence-electron chi connectivity index (χ2n) is 12.4. The van der Waals surface area contributed by atoms with E-state index in [1.807, 2.05) is 0 Å². The smallest absolute Gasteiger partial charge is 0.0270 e. The number of rotatable bonds is 25. The molecule has 0 bridgehead atoms. The van der Waals surface area contributed by atoms with Crippen molar-refractivity contribution in [2.24, 2.45) is 0 Å². The van der Waals surface area contributed by atoms with Gasteiger partial charge in [-0.05, 0) is 61.3 Å². The van der Waals surface area contributed by atoms with Gasteiger partial charge >= 0.3 is 0 Å². The minimum Gasteiger partial charge on any atom is -0.0979 e. The highest BCUT2D eigenvalue weighted by molar-refractivity contribution is 5.48. The fraction of sp³-hybridized carbons (Fsp3) is 0.714. The van der Waals surface area contributed by atoms with Crippen LogP contribution >= 0.6 is 0 Å². The summed E-state index contributed by atoms with van der Waals surface area (Å²) in [5, 5.41) is 0. The Morgan fingerprint density at radius 3 is 1.29 bits per heavy atom. The van der Waals surface area contributed by atoms with E-state index in [2.05, 4.69) is 74.5 Å². The molecular weight excluding hydrogens is 504 g/mol. The number of hydrogen-bond acceptors (Lipinski definition) is 0. The Bertz CT molecular complexity index is 931. The van der Waals surface area contributed by atoms with Crippen molar-refractivity contribution in [3.63, 3.8) is 0 Å². The summed E-state index contributed by atoms with van der Waals surface area (Å²) < 4.78 is 0. The lowest BCUT2D eigenvalue weighted by atomic mass is 10.00. The lowest BCUT2D eigenvalue weighted by molar-refractivity contribution is 0.575. The summed E-state index contributed by atoms with van der Waals surface area (Å²) >= 11 is 0. The van der Waals surface area contributed by atoms with Gasteiger partial charge < -0.3 is 0 Å². The molecule has 234 valence electrons. The predicted octanol–water partition coefficient (Wildman–Crippen LogP) is 13.1. The fourth-order valence-corrected chi connectivity index (χ4v) is 5.51. The van der Waals surface area contributed by atoms with Crippen molar-refractivity contribution in [2.45, 2.75) is 194 Å². The van der Waals surface area contributed by atoms with Crippen molar-refractivity contribution in [2.75, 3.05) is 0 Å². The largest absolute Gasteiger partial charge is 0.0979 e. The van der Waals surface area contributed by atoms with Crippen LogP contribution in [0.3, 0.4) is 0 Å². The van der Waals surface area contributed by atoms with Gasteiger partial charge in [0, 0.05) is 24.0 Å². The minimum absolute atomic E-state index is 0.970. The SMILES string of the molecule is CCCCCCCCCCC#CC#Cc1cc(C#CCCCCCCCCCC)cc(CCCCCCCCCC)c1. The van der Waals surface area contributed by atoms with Crippen LogP contribution < -0.4 is 0 Å². The van der Waals surface area contributed by atoms with E-state index in [1.54, 1.807) is 0 Å². The molecule has 0 aliphatic carbocycles. The molecule has 42 heavy (non-hydrogen) atoms. The van der Waals surface area contributed by atoms with Gasteiger partial charge in [0.1, 0.15) is 0 Å². The van der Waals surface area contributed by atoms with Crippen LogP contribution in [0.4, 0.5) is 0 Å². The average molecular weight is 571 g/mol. The molecule has 0 spiro atoms. The van der Waals surface area contributed by atoms with Crippen LogP contribution in [-0.4, -0.2) is 0 Å². The molecule has 0 saturated carbocycles. The van der Waals surface area contributed by atoms with Crippen LogP contribution in [0.2, 0.25) is 0 Å². The van der Waals surface area contributed by atoms with Crippen molar-refractivity contribution in [3.8, 4) is 35.5 Å². The fourth-order valence-electron chi connectivity index (χ4n) is 5.51. The Labute approximate surface area is 264 Å². The Balaban J connectivity index is 2.56. The summed E-state index contributed by atoms with van der Waals surface area (Å²) in [6.45, 7) is 6.86. The minimum atomic E-state index is 0.970. The van der Waals surface area contributed by atoms with E-state index in [-0.39, 0.29) is 0 Å². The van der Waals surface area contributed by atoms with Gasteiger partial charge in [0.2, 0.25) is 0 Å². The summed E-state index contributed by atoms with van der Waals surface area (Å²) in [5.41, 5.74) is 3.59. The Hall–Kier alpha value is -2.10. The molecule has 0 heterocycles. The summed E-state index contributed by atoms with van der Waals surface area (Å²) in [6, 6.07) is 6.75. The highest BCUT2D eigenvalue weighted by Gasteiger charge is 2.00. The third kappa shape index (κ3) is 24.5. The molecule has 1 aromatic carbocycles. The van der Waals surface area contributed by atoms with Gasteiger partial charge in [-0.25, -0.2) is 0 Å². The first kappa shape index (κ1) is 37.9. The maximum atomic E-state index is 3.47. The van der Waals surface area contributed by atoms with Gasteiger partial charge in [0.25, 0.3) is 0 Å². The molecule has 0 saturated heterocycles. The molecule has 0 amide bonds. The Morgan fingerprint density at radius 2 is 0.786 bits per heavy atom. The molecule has 0 unspecified atom stereocenters. The molecular formula is C42H66. The zero-order chi connectivity index (χ0) is 30.2. The molecule has 0 aliphatic rings. The highest BCUT2D eigenvalue weighted by atomic mass is 14.0. The van der Waals surface area contributed by atoms with E-state index in [1.165, 1.54) is 160 Å². The number of hydrogen-bond donors (Lipinski definition) is 0. The summed E-state index contributed by atoms with van der Waals surface area (Å²) in [7, 11) is 0. The Morgan fingerprint density at radius 1 is 0.381 bits per heavy atom. The molecule has 0 atom stereocenters. The molecule has 0 fully saturated rings. The van der Waals surface area contributed by atoms with Crippen molar-refractivity contribution >= 4 is 0 Å². The third-order valence-corrected chi connectivity index (χ3v) is 8.21. The maximum absolute atomic E-state index is 3.47. The molecule has 0 aromatic heterocycles. The van der Waals surface area contributed by atoms with Crippen LogP contribution in [-0.2, 0) is 6.42 Å². The molecule has 0 radical (unpaired) electrons. The van der Waals surface area contributed by atoms with Gasteiger partial charge in [-0.1, -0.05) is 179 Å². The topological polar surface area (TPSA) is 0 Å². The Kier molecular flexibility index (Phi) is 27.4. The van der Waals surface area contributed by atoms with Crippen LogP contribution in [0, 0.1) is 35.5 Å². The van der Waals surface area contributed by atoms with E-state index >= 15 is 0 Å². The standard InChI is InChI=1S/C42H66/c1-4-7-10-13-16-19-21-22-24-27-30-33-36-42-38-40(34-31-28-25-18-15-12-9-6-3)37-41(39-42)35-32-29-26-23-20-17-14-11-8-5-2/h37-39H,4-26,28-29,31,34H2,1-3H3. The van der Waals surface area contributed by atoms with E-state index in [4.69, 9.17) is 0 Å². The van der Waals surface area contributed by atoms with Crippen molar-refractivity contribution < 1.29 is 0 Å². The third-order valence-electron chi connectivity index (χ3n) is 8.21. The number of unbranched alkanes of at least 4 members (excludes halogenated alkanes) is 23. The molecule has 0 aliphatic heterocycles. The first-order valence-electron chi connectivity index (χ1n) is 18.4. The summed E-state index contributed by atoms with van der Waals surface area (Å²) in [5.74, 6) is 19.8. The maximum Gasteiger partial charge on any atom is 0.0270 e. The van der Waals surface area contributed by atoms with E-state index < -0.39 is 0 Å². The summed E-state index contributed by atoms with van der Waals surface area (Å²) in [6.07, 6.45) is 35.5. The quantitative estimate of drug-likeness (QED) is 0.0810. The van der Waals surface area contributed by atoms with Gasteiger partial charge in [0.05, 0.1) is 0 Å². The van der Waals surface area contributed by atoms with Crippen molar-refractivity contribution in [3.05, 3.63) is 34.9 Å². The molecule has 0 nitrogen and oxygen atoms in total. The van der Waals surface area contributed by atoms with Gasteiger partial charge in [0.15, 0.2) is 0 Å². The van der Waals surface area contributed by atoms with Gasteiger partial charge in [-0.2, -0.15) is 0 Å². The first-order valence-corrected chi connectivity index (χ1v) is 18.4. The first-order chi connectivity index (χ1) is 20.8. The van der Waals surface area contributed by atoms with E-state index in [9.17, 15) is 0 Å². The van der Waals surface area contributed by atoms with E-state index in [0.29, 0.717) is 0 Å². The van der Waals surface area contributed by atoms with Crippen LogP contribution in [0.5, 0.6) is 0 Å². The highest BCUT2D eigenvalue weighted by Crippen LogP contribution is 2.15. The average Bonchev–Trinajstić information content (AvgIpc) is 3.00.